The molecule has 0 unspecified atom stereocenters. The van der Waals surface area contributed by atoms with E-state index in [0.29, 0.717) is 36.5 Å². The van der Waals surface area contributed by atoms with Crippen LogP contribution in [-0.2, 0) is 16.6 Å². The summed E-state index contributed by atoms with van der Waals surface area (Å²) in [6.07, 6.45) is 0.608. The normalized spacial score (nSPS) is 16.5. The van der Waals surface area contributed by atoms with Gasteiger partial charge in [-0.2, -0.15) is 0 Å². The van der Waals surface area contributed by atoms with E-state index in [1.807, 2.05) is 19.1 Å². The number of sulfonamides is 1. The molecule has 1 aromatic carbocycles. The van der Waals surface area contributed by atoms with Crippen molar-refractivity contribution >= 4 is 21.6 Å². The highest BCUT2D eigenvalue weighted by atomic mass is 32.2. The number of carbonyl (C=O) groups is 1. The molecule has 1 saturated heterocycles. The summed E-state index contributed by atoms with van der Waals surface area (Å²) in [4.78, 5) is 12.2. The maximum atomic E-state index is 12.2. The Kier molecular flexibility index (Phi) is 4.12. The minimum Gasteiger partial charge on any atom is -0.465 e. The number of furan rings is 1. The molecular weight excluding hydrogens is 316 g/mol. The molecule has 122 valence electrons. The topological polar surface area (TPSA) is 79.6 Å². The summed E-state index contributed by atoms with van der Waals surface area (Å²) < 4.78 is 30.7. The number of amides is 1. The van der Waals surface area contributed by atoms with Gasteiger partial charge in [0.25, 0.3) is 5.91 Å². The van der Waals surface area contributed by atoms with Gasteiger partial charge in [0.1, 0.15) is 11.5 Å². The molecule has 0 saturated carbocycles. The van der Waals surface area contributed by atoms with Crippen molar-refractivity contribution in [2.45, 2.75) is 19.9 Å². The van der Waals surface area contributed by atoms with Crippen LogP contribution in [0.1, 0.15) is 28.3 Å². The molecule has 1 fully saturated rings. The number of hydrogen-bond acceptors (Lipinski definition) is 4. The van der Waals surface area contributed by atoms with Gasteiger partial charge in [-0.15, -0.1) is 0 Å². The van der Waals surface area contributed by atoms with Crippen molar-refractivity contribution in [1.82, 2.24) is 5.32 Å². The van der Waals surface area contributed by atoms with E-state index in [1.54, 1.807) is 24.3 Å². The van der Waals surface area contributed by atoms with Gasteiger partial charge in [-0.25, -0.2) is 8.42 Å². The van der Waals surface area contributed by atoms with E-state index >= 15 is 0 Å². The van der Waals surface area contributed by atoms with Crippen molar-refractivity contribution in [1.29, 1.82) is 0 Å². The first kappa shape index (κ1) is 15.6. The van der Waals surface area contributed by atoms with Crippen LogP contribution >= 0.6 is 0 Å². The highest BCUT2D eigenvalue weighted by Crippen LogP contribution is 2.24. The van der Waals surface area contributed by atoms with Crippen LogP contribution in [0.5, 0.6) is 0 Å². The fraction of sp³-hybridized carbons (Fsp3) is 0.312. The number of nitrogens with one attached hydrogen (secondary N) is 1. The SMILES string of the molecule is Cc1ccc(CNC(=O)c2cccc(N3CCCS3(=O)=O)c2)o1. The van der Waals surface area contributed by atoms with E-state index < -0.39 is 10.0 Å². The number of hydrogen-bond donors (Lipinski definition) is 1. The van der Waals surface area contributed by atoms with E-state index in [2.05, 4.69) is 5.32 Å². The average Bonchev–Trinajstić information content (AvgIpc) is 3.10. The number of anilines is 1. The van der Waals surface area contributed by atoms with Crippen LogP contribution in [0.25, 0.3) is 0 Å². The van der Waals surface area contributed by atoms with Crippen molar-refractivity contribution in [3.63, 3.8) is 0 Å². The van der Waals surface area contributed by atoms with Crippen LogP contribution in [0.15, 0.2) is 40.8 Å². The molecule has 7 heteroatoms. The van der Waals surface area contributed by atoms with E-state index in [-0.39, 0.29) is 11.7 Å². The van der Waals surface area contributed by atoms with Gasteiger partial charge in [0.15, 0.2) is 0 Å². The lowest BCUT2D eigenvalue weighted by Gasteiger charge is -2.17. The molecule has 3 rings (SSSR count). The lowest BCUT2D eigenvalue weighted by Crippen LogP contribution is -2.26. The van der Waals surface area contributed by atoms with Crippen molar-refractivity contribution in [3.8, 4) is 0 Å². The van der Waals surface area contributed by atoms with Gasteiger partial charge in [0.2, 0.25) is 10.0 Å². The molecule has 6 nitrogen and oxygen atoms in total. The summed E-state index contributed by atoms with van der Waals surface area (Å²) in [6, 6.07) is 10.3. The van der Waals surface area contributed by atoms with Gasteiger partial charge in [-0.05, 0) is 43.7 Å². The van der Waals surface area contributed by atoms with Gasteiger partial charge >= 0.3 is 0 Å². The molecule has 0 bridgehead atoms. The zero-order valence-electron chi connectivity index (χ0n) is 12.8. The molecule has 1 N–H and O–H groups in total. The summed E-state index contributed by atoms with van der Waals surface area (Å²) in [5.74, 6) is 1.35. The van der Waals surface area contributed by atoms with Gasteiger partial charge in [-0.3, -0.25) is 9.10 Å². The van der Waals surface area contributed by atoms with Crippen LogP contribution in [0.2, 0.25) is 0 Å². The first-order chi connectivity index (χ1) is 11.0. The Hall–Kier alpha value is -2.28. The summed E-state index contributed by atoms with van der Waals surface area (Å²) in [5.41, 5.74) is 0.955. The zero-order valence-corrected chi connectivity index (χ0v) is 13.6. The quantitative estimate of drug-likeness (QED) is 0.928. The monoisotopic (exact) mass is 334 g/mol. The van der Waals surface area contributed by atoms with Crippen LogP contribution in [0.4, 0.5) is 5.69 Å². The summed E-state index contributed by atoms with van der Waals surface area (Å²) in [5, 5.41) is 2.77. The molecule has 1 amide bonds. The Morgan fingerprint density at radius 3 is 2.78 bits per heavy atom. The first-order valence-corrected chi connectivity index (χ1v) is 9.01. The van der Waals surface area contributed by atoms with Crippen molar-refractivity contribution in [2.24, 2.45) is 0 Å². The summed E-state index contributed by atoms with van der Waals surface area (Å²) in [7, 11) is -3.25. The lowest BCUT2D eigenvalue weighted by atomic mass is 10.2. The van der Waals surface area contributed by atoms with E-state index in [0.717, 1.165) is 5.76 Å². The van der Waals surface area contributed by atoms with Crippen LogP contribution in [0, 0.1) is 6.92 Å². The molecule has 23 heavy (non-hydrogen) atoms. The Morgan fingerprint density at radius 2 is 2.13 bits per heavy atom. The number of aryl methyl sites for hydroxylation is 1. The smallest absolute Gasteiger partial charge is 0.251 e. The third-order valence-corrected chi connectivity index (χ3v) is 5.58. The molecule has 0 spiro atoms. The largest absolute Gasteiger partial charge is 0.465 e. The van der Waals surface area contributed by atoms with Crippen molar-refractivity contribution in [2.75, 3.05) is 16.6 Å². The van der Waals surface area contributed by atoms with E-state index in [1.165, 1.54) is 4.31 Å². The third kappa shape index (κ3) is 3.39. The first-order valence-electron chi connectivity index (χ1n) is 7.40. The molecule has 0 atom stereocenters. The Balaban J connectivity index is 1.73. The maximum absolute atomic E-state index is 12.2. The van der Waals surface area contributed by atoms with Gasteiger partial charge in [-0.1, -0.05) is 6.07 Å². The maximum Gasteiger partial charge on any atom is 0.251 e. The molecule has 2 heterocycles. The zero-order chi connectivity index (χ0) is 16.4. The second-order valence-electron chi connectivity index (χ2n) is 5.49. The molecule has 1 aliphatic heterocycles. The minimum absolute atomic E-state index is 0.154. The molecule has 0 aliphatic carbocycles. The molecule has 2 aromatic rings. The highest BCUT2D eigenvalue weighted by Gasteiger charge is 2.28. The summed E-state index contributed by atoms with van der Waals surface area (Å²) >= 11 is 0. The Morgan fingerprint density at radius 1 is 1.30 bits per heavy atom. The second-order valence-corrected chi connectivity index (χ2v) is 7.50. The van der Waals surface area contributed by atoms with Crippen molar-refractivity contribution in [3.05, 3.63) is 53.5 Å². The lowest BCUT2D eigenvalue weighted by molar-refractivity contribution is 0.0948. The molecular formula is C16H18N2O4S. The van der Waals surface area contributed by atoms with Gasteiger partial charge in [0.05, 0.1) is 18.0 Å². The Bertz CT molecular complexity index is 826. The fourth-order valence-electron chi connectivity index (χ4n) is 2.58. The Labute approximate surface area is 135 Å². The van der Waals surface area contributed by atoms with E-state index in [9.17, 15) is 13.2 Å². The number of carbonyl (C=O) groups excluding carboxylic acids is 1. The third-order valence-electron chi connectivity index (χ3n) is 3.71. The number of nitrogens with zero attached hydrogens (tertiary/aromatic N) is 1. The van der Waals surface area contributed by atoms with Crippen LogP contribution in [-0.4, -0.2) is 26.6 Å². The second kappa shape index (κ2) is 6.08. The van der Waals surface area contributed by atoms with Gasteiger partial charge < -0.3 is 9.73 Å². The minimum atomic E-state index is -3.25. The number of rotatable bonds is 4. The fourth-order valence-corrected chi connectivity index (χ4v) is 4.14. The number of benzene rings is 1. The standard InChI is InChI=1S/C16H18N2O4S/c1-12-6-7-15(22-12)11-17-16(19)13-4-2-5-14(10-13)18-8-3-9-23(18,20)21/h2,4-7,10H,3,8-9,11H2,1H3,(H,17,19). The molecule has 1 aromatic heterocycles. The average molecular weight is 334 g/mol. The molecule has 1 aliphatic rings. The van der Waals surface area contributed by atoms with Crippen molar-refractivity contribution < 1.29 is 17.6 Å². The van der Waals surface area contributed by atoms with Gasteiger partial charge in [0, 0.05) is 12.1 Å². The highest BCUT2D eigenvalue weighted by molar-refractivity contribution is 7.93. The van der Waals surface area contributed by atoms with Crippen LogP contribution in [0.3, 0.4) is 0 Å². The molecule has 0 radical (unpaired) electrons. The van der Waals surface area contributed by atoms with E-state index in [4.69, 9.17) is 4.42 Å². The summed E-state index contributed by atoms with van der Waals surface area (Å²) in [6.45, 7) is 2.59. The predicted molar refractivity (Wildman–Crippen MR) is 86.8 cm³/mol. The predicted octanol–water partition coefficient (Wildman–Crippen LogP) is 2.06. The van der Waals surface area contributed by atoms with Crippen LogP contribution < -0.4 is 9.62 Å².